The summed E-state index contributed by atoms with van der Waals surface area (Å²) in [7, 11) is 0. The van der Waals surface area contributed by atoms with Crippen molar-refractivity contribution in [2.75, 3.05) is 0 Å². The van der Waals surface area contributed by atoms with Crippen LogP contribution in [-0.2, 0) is 0 Å². The van der Waals surface area contributed by atoms with Gasteiger partial charge in [-0.05, 0) is 0 Å². The van der Waals surface area contributed by atoms with E-state index in [1.54, 1.807) is 0 Å². The van der Waals surface area contributed by atoms with Crippen LogP contribution in [-0.4, -0.2) is 4.98 Å². The molecule has 4 heteroatoms. The minimum Gasteiger partial charge on any atom is -0.415 e. The summed E-state index contributed by atoms with van der Waals surface area (Å²) in [6.45, 7) is 1.52. The summed E-state index contributed by atoms with van der Waals surface area (Å²) in [5.41, 5.74) is 0. The van der Waals surface area contributed by atoms with Crippen molar-refractivity contribution in [3.63, 3.8) is 0 Å². The summed E-state index contributed by atoms with van der Waals surface area (Å²) in [4.78, 5) is 3.43. The van der Waals surface area contributed by atoms with Crippen LogP contribution < -0.4 is 0 Å². The summed E-state index contributed by atoms with van der Waals surface area (Å²) in [5.74, 6) is 0.243. The Bertz CT molecular complexity index is 178. The maximum atomic E-state index is 12.0. The van der Waals surface area contributed by atoms with E-state index in [1.165, 1.54) is 6.92 Å². The van der Waals surface area contributed by atoms with Crippen LogP contribution in [0, 0.1) is 12.9 Å². The molecule has 0 spiro atoms. The maximum Gasteiger partial charge on any atom is 0.317 e. The molecule has 44 valence electrons. The van der Waals surface area contributed by atoms with Crippen molar-refractivity contribution in [2.24, 2.45) is 0 Å². The lowest BCUT2D eigenvalue weighted by molar-refractivity contribution is 0.344. The minimum atomic E-state index is -0.816. The molecule has 0 bridgehead atoms. The van der Waals surface area contributed by atoms with E-state index in [-0.39, 0.29) is 11.0 Å². The molecule has 0 N–H and O–H groups in total. The average molecular weight is 136 g/mol. The number of rotatable bonds is 0. The molecule has 0 saturated heterocycles. The van der Waals surface area contributed by atoms with Gasteiger partial charge >= 0.3 is 6.01 Å². The first kappa shape index (κ1) is 5.56. The number of nitrogens with zero attached hydrogens (tertiary/aromatic N) is 1. The van der Waals surface area contributed by atoms with Crippen LogP contribution in [0.25, 0.3) is 0 Å². The zero-order valence-electron chi connectivity index (χ0n) is 4.11. The van der Waals surface area contributed by atoms with E-state index in [0.717, 1.165) is 0 Å². The number of aromatic nitrogens is 1. The normalized spacial score (nSPS) is 9.88. The van der Waals surface area contributed by atoms with Gasteiger partial charge in [-0.3, -0.25) is 0 Å². The predicted molar refractivity (Wildman–Crippen MR) is 26.2 cm³/mol. The van der Waals surface area contributed by atoms with Crippen LogP contribution >= 0.6 is 11.6 Å². The molecule has 0 aliphatic rings. The van der Waals surface area contributed by atoms with Gasteiger partial charge in [0.05, 0.1) is 0 Å². The zero-order valence-corrected chi connectivity index (χ0v) is 4.87. The van der Waals surface area contributed by atoms with Crippen LogP contribution in [0.5, 0.6) is 0 Å². The van der Waals surface area contributed by atoms with Crippen molar-refractivity contribution in [3.8, 4) is 0 Å². The summed E-state index contributed by atoms with van der Waals surface area (Å²) in [6.07, 6.45) is 0. The van der Waals surface area contributed by atoms with E-state index in [4.69, 9.17) is 11.6 Å². The molecule has 1 heterocycles. The smallest absolute Gasteiger partial charge is 0.317 e. The molecule has 0 aliphatic heterocycles. The summed E-state index contributed by atoms with van der Waals surface area (Å²) < 4.78 is 16.3. The molecule has 2 nitrogen and oxygen atoms in total. The Morgan fingerprint density at radius 1 is 1.75 bits per heavy atom. The van der Waals surface area contributed by atoms with Crippen LogP contribution in [0.15, 0.2) is 4.42 Å². The third-order valence-electron chi connectivity index (χ3n) is 0.655. The molecule has 0 amide bonds. The van der Waals surface area contributed by atoms with Crippen molar-refractivity contribution in [1.29, 1.82) is 0 Å². The van der Waals surface area contributed by atoms with E-state index in [2.05, 4.69) is 9.40 Å². The molecule has 1 aromatic heterocycles. The van der Waals surface area contributed by atoms with Gasteiger partial charge in [0, 0.05) is 6.92 Å². The van der Waals surface area contributed by atoms with Crippen LogP contribution in [0.1, 0.15) is 5.89 Å². The monoisotopic (exact) mass is 135 g/mol. The Kier molecular flexibility index (Phi) is 1.21. The van der Waals surface area contributed by atoms with Crippen molar-refractivity contribution < 1.29 is 8.81 Å². The fourth-order valence-corrected chi connectivity index (χ4v) is 0.534. The number of hydrogen-bond donors (Lipinski definition) is 0. The lowest BCUT2D eigenvalue weighted by atomic mass is 10.8. The number of oxazole rings is 1. The molecule has 0 saturated carbocycles. The summed E-state index contributed by atoms with van der Waals surface area (Å²) in [6, 6.07) is -0.816. The SMILES string of the molecule is Cc1nc(Cl)c(F)o1. The van der Waals surface area contributed by atoms with Crippen LogP contribution in [0.4, 0.5) is 4.39 Å². The van der Waals surface area contributed by atoms with Gasteiger partial charge < -0.3 is 4.42 Å². The highest BCUT2D eigenvalue weighted by Crippen LogP contribution is 2.12. The quantitative estimate of drug-likeness (QED) is 0.542. The first-order chi connectivity index (χ1) is 3.70. The molecular formula is C4H3ClFNO. The number of halogens is 2. The largest absolute Gasteiger partial charge is 0.415 e. The van der Waals surface area contributed by atoms with Crippen molar-refractivity contribution in [1.82, 2.24) is 4.98 Å². The Morgan fingerprint density at radius 3 is 2.50 bits per heavy atom. The second kappa shape index (κ2) is 1.74. The van der Waals surface area contributed by atoms with Gasteiger partial charge in [0.15, 0.2) is 5.89 Å². The van der Waals surface area contributed by atoms with Gasteiger partial charge in [-0.1, -0.05) is 11.6 Å². The standard InChI is InChI=1S/C4H3ClFNO/c1-2-7-3(5)4(6)8-2/h1H3. The van der Waals surface area contributed by atoms with E-state index in [1.807, 2.05) is 0 Å². The van der Waals surface area contributed by atoms with E-state index in [0.29, 0.717) is 0 Å². The highest BCUT2D eigenvalue weighted by molar-refractivity contribution is 6.29. The second-order valence-electron chi connectivity index (χ2n) is 1.30. The molecule has 1 rings (SSSR count). The molecular weight excluding hydrogens is 133 g/mol. The van der Waals surface area contributed by atoms with Gasteiger partial charge in [0.25, 0.3) is 0 Å². The lowest BCUT2D eigenvalue weighted by Gasteiger charge is -1.70. The highest BCUT2D eigenvalue weighted by atomic mass is 35.5. The molecule has 0 aliphatic carbocycles. The van der Waals surface area contributed by atoms with Gasteiger partial charge in [-0.15, -0.1) is 0 Å². The Morgan fingerprint density at radius 2 is 2.38 bits per heavy atom. The van der Waals surface area contributed by atoms with Gasteiger partial charge in [0.1, 0.15) is 0 Å². The first-order valence-corrected chi connectivity index (χ1v) is 2.36. The topological polar surface area (TPSA) is 26.0 Å². The molecule has 0 aromatic carbocycles. The van der Waals surface area contributed by atoms with Crippen molar-refractivity contribution in [2.45, 2.75) is 6.92 Å². The fourth-order valence-electron chi connectivity index (χ4n) is 0.377. The van der Waals surface area contributed by atoms with Crippen molar-refractivity contribution >= 4 is 11.6 Å². The second-order valence-corrected chi connectivity index (χ2v) is 1.66. The zero-order chi connectivity index (χ0) is 6.15. The third kappa shape index (κ3) is 0.816. The molecule has 1 aromatic rings. The third-order valence-corrected chi connectivity index (χ3v) is 0.888. The predicted octanol–water partition coefficient (Wildman–Crippen LogP) is 1.78. The molecule has 0 fully saturated rings. The van der Waals surface area contributed by atoms with Crippen molar-refractivity contribution in [3.05, 3.63) is 17.1 Å². The summed E-state index contributed by atoms with van der Waals surface area (Å²) in [5, 5.41) is -0.206. The average Bonchev–Trinajstić information content (AvgIpc) is 1.85. The molecule has 8 heavy (non-hydrogen) atoms. The maximum absolute atomic E-state index is 12.0. The summed E-state index contributed by atoms with van der Waals surface area (Å²) >= 11 is 5.15. The molecule has 0 atom stereocenters. The molecule has 0 unspecified atom stereocenters. The Hall–Kier alpha value is -0.570. The van der Waals surface area contributed by atoms with Gasteiger partial charge in [-0.2, -0.15) is 9.37 Å². The first-order valence-electron chi connectivity index (χ1n) is 1.98. The minimum absolute atomic E-state index is 0.206. The van der Waals surface area contributed by atoms with E-state index < -0.39 is 6.01 Å². The van der Waals surface area contributed by atoms with Gasteiger partial charge in [0.2, 0.25) is 5.15 Å². The fraction of sp³-hybridized carbons (Fsp3) is 0.250. The number of hydrogen-bond acceptors (Lipinski definition) is 2. The number of aryl methyl sites for hydroxylation is 1. The van der Waals surface area contributed by atoms with Crippen LogP contribution in [0.2, 0.25) is 5.15 Å². The lowest BCUT2D eigenvalue weighted by Crippen LogP contribution is -1.64. The van der Waals surface area contributed by atoms with Crippen LogP contribution in [0.3, 0.4) is 0 Å². The van der Waals surface area contributed by atoms with E-state index >= 15 is 0 Å². The Balaban J connectivity index is 3.14. The van der Waals surface area contributed by atoms with Gasteiger partial charge in [-0.25, -0.2) is 0 Å². The Labute approximate surface area is 50.3 Å². The molecule has 0 radical (unpaired) electrons. The van der Waals surface area contributed by atoms with E-state index in [9.17, 15) is 4.39 Å². The highest BCUT2D eigenvalue weighted by Gasteiger charge is 2.04.